The number of benzene rings is 2. The second-order valence-electron chi connectivity index (χ2n) is 4.55. The second-order valence-corrected chi connectivity index (χ2v) is 4.55. The molecular formula is C16H17NO2. The van der Waals surface area contributed by atoms with E-state index in [1.54, 1.807) is 19.2 Å². The molecule has 0 unspecified atom stereocenters. The lowest BCUT2D eigenvalue weighted by Gasteiger charge is -2.11. The van der Waals surface area contributed by atoms with Crippen LogP contribution < -0.4 is 10.5 Å². The fraction of sp³-hybridized carbons (Fsp3) is 0.188. The summed E-state index contributed by atoms with van der Waals surface area (Å²) in [6.07, 6.45) is 0. The number of nitrogen functional groups attached to an aromatic ring is 1. The molecule has 3 nitrogen and oxygen atoms in total. The molecule has 2 aromatic rings. The number of nitrogens with two attached hydrogens (primary N) is 1. The van der Waals surface area contributed by atoms with Crippen molar-refractivity contribution in [2.24, 2.45) is 0 Å². The smallest absolute Gasteiger partial charge is 0.195 e. The molecule has 0 aromatic heterocycles. The molecule has 0 aliphatic rings. The average molecular weight is 255 g/mol. The van der Waals surface area contributed by atoms with Crippen LogP contribution in [-0.4, -0.2) is 12.9 Å². The summed E-state index contributed by atoms with van der Waals surface area (Å²) >= 11 is 0. The van der Waals surface area contributed by atoms with E-state index in [9.17, 15) is 4.79 Å². The molecule has 98 valence electrons. The first-order valence-corrected chi connectivity index (χ1v) is 6.09. The lowest BCUT2D eigenvalue weighted by molar-refractivity contribution is 0.103. The van der Waals surface area contributed by atoms with Gasteiger partial charge in [0, 0.05) is 16.8 Å². The lowest BCUT2D eigenvalue weighted by Crippen LogP contribution is -2.08. The van der Waals surface area contributed by atoms with Crippen LogP contribution in [0.2, 0.25) is 0 Å². The number of methoxy groups -OCH3 is 1. The Hall–Kier alpha value is -2.29. The molecule has 0 atom stereocenters. The van der Waals surface area contributed by atoms with Crippen molar-refractivity contribution in [3.63, 3.8) is 0 Å². The molecule has 0 bridgehead atoms. The Balaban J connectivity index is 2.53. The van der Waals surface area contributed by atoms with Crippen molar-refractivity contribution in [3.05, 3.63) is 58.7 Å². The molecule has 0 heterocycles. The van der Waals surface area contributed by atoms with E-state index < -0.39 is 0 Å². The number of aryl methyl sites for hydroxylation is 2. The number of ether oxygens (including phenoxy) is 1. The average Bonchev–Trinajstić information content (AvgIpc) is 2.39. The van der Waals surface area contributed by atoms with Gasteiger partial charge in [0.2, 0.25) is 0 Å². The Morgan fingerprint density at radius 2 is 1.74 bits per heavy atom. The standard InChI is InChI=1S/C16H17NO2/c1-10-6-4-5-7-12(10)16(18)13-9-15(19-3)11(2)8-14(13)17/h4-9H,17H2,1-3H3. The molecular weight excluding hydrogens is 238 g/mol. The van der Waals surface area contributed by atoms with Crippen molar-refractivity contribution < 1.29 is 9.53 Å². The van der Waals surface area contributed by atoms with Crippen LogP contribution in [0, 0.1) is 13.8 Å². The van der Waals surface area contributed by atoms with Crippen LogP contribution in [0.5, 0.6) is 5.75 Å². The van der Waals surface area contributed by atoms with Gasteiger partial charge >= 0.3 is 0 Å². The van der Waals surface area contributed by atoms with Crippen molar-refractivity contribution in [2.45, 2.75) is 13.8 Å². The lowest BCUT2D eigenvalue weighted by atomic mass is 9.97. The van der Waals surface area contributed by atoms with Gasteiger partial charge in [0.05, 0.1) is 7.11 Å². The van der Waals surface area contributed by atoms with Crippen molar-refractivity contribution in [2.75, 3.05) is 12.8 Å². The van der Waals surface area contributed by atoms with E-state index in [-0.39, 0.29) is 5.78 Å². The molecule has 19 heavy (non-hydrogen) atoms. The number of hydrogen-bond acceptors (Lipinski definition) is 3. The van der Waals surface area contributed by atoms with E-state index in [0.29, 0.717) is 22.6 Å². The normalized spacial score (nSPS) is 10.3. The highest BCUT2D eigenvalue weighted by molar-refractivity contribution is 6.13. The molecule has 0 saturated carbocycles. The minimum absolute atomic E-state index is 0.0751. The molecule has 0 saturated heterocycles. The Bertz CT molecular complexity index is 633. The molecule has 2 aromatic carbocycles. The van der Waals surface area contributed by atoms with Crippen LogP contribution in [0.1, 0.15) is 27.0 Å². The Kier molecular flexibility index (Phi) is 3.56. The van der Waals surface area contributed by atoms with Crippen LogP contribution in [0.4, 0.5) is 5.69 Å². The van der Waals surface area contributed by atoms with Gasteiger partial charge in [-0.2, -0.15) is 0 Å². The summed E-state index contributed by atoms with van der Waals surface area (Å²) in [5.41, 5.74) is 9.44. The molecule has 2 N–H and O–H groups in total. The predicted molar refractivity (Wildman–Crippen MR) is 76.8 cm³/mol. The largest absolute Gasteiger partial charge is 0.496 e. The van der Waals surface area contributed by atoms with Crippen LogP contribution >= 0.6 is 0 Å². The topological polar surface area (TPSA) is 52.3 Å². The van der Waals surface area contributed by atoms with E-state index >= 15 is 0 Å². The van der Waals surface area contributed by atoms with Gasteiger partial charge in [-0.3, -0.25) is 4.79 Å². The summed E-state index contributed by atoms with van der Waals surface area (Å²) in [5, 5.41) is 0. The fourth-order valence-corrected chi connectivity index (χ4v) is 2.10. The zero-order chi connectivity index (χ0) is 14.0. The van der Waals surface area contributed by atoms with Crippen molar-refractivity contribution in [1.82, 2.24) is 0 Å². The Morgan fingerprint density at radius 3 is 2.37 bits per heavy atom. The van der Waals surface area contributed by atoms with Gasteiger partial charge < -0.3 is 10.5 Å². The highest BCUT2D eigenvalue weighted by atomic mass is 16.5. The van der Waals surface area contributed by atoms with E-state index in [1.807, 2.05) is 38.1 Å². The van der Waals surface area contributed by atoms with Crippen LogP contribution in [0.25, 0.3) is 0 Å². The first kappa shape index (κ1) is 13.1. The van der Waals surface area contributed by atoms with Crippen molar-refractivity contribution >= 4 is 11.5 Å². The van der Waals surface area contributed by atoms with Gasteiger partial charge in [-0.15, -0.1) is 0 Å². The number of anilines is 1. The van der Waals surface area contributed by atoms with Crippen LogP contribution in [-0.2, 0) is 0 Å². The van der Waals surface area contributed by atoms with E-state index in [1.165, 1.54) is 0 Å². The summed E-state index contributed by atoms with van der Waals surface area (Å²) < 4.78 is 5.25. The first-order chi connectivity index (χ1) is 9.04. The van der Waals surface area contributed by atoms with Gasteiger partial charge in [0.15, 0.2) is 5.78 Å². The maximum atomic E-state index is 12.5. The van der Waals surface area contributed by atoms with Crippen LogP contribution in [0.3, 0.4) is 0 Å². The number of rotatable bonds is 3. The molecule has 0 aliphatic carbocycles. The second kappa shape index (κ2) is 5.14. The predicted octanol–water partition coefficient (Wildman–Crippen LogP) is 3.13. The van der Waals surface area contributed by atoms with Gasteiger partial charge in [-0.1, -0.05) is 24.3 Å². The summed E-state index contributed by atoms with van der Waals surface area (Å²) in [5.74, 6) is 0.597. The number of ketones is 1. The third-order valence-corrected chi connectivity index (χ3v) is 3.20. The highest BCUT2D eigenvalue weighted by Gasteiger charge is 2.16. The van der Waals surface area contributed by atoms with Crippen molar-refractivity contribution in [1.29, 1.82) is 0 Å². The quantitative estimate of drug-likeness (QED) is 0.677. The molecule has 0 fully saturated rings. The Morgan fingerprint density at radius 1 is 1.05 bits per heavy atom. The summed E-state index contributed by atoms with van der Waals surface area (Å²) in [6.45, 7) is 3.81. The summed E-state index contributed by atoms with van der Waals surface area (Å²) in [7, 11) is 1.58. The van der Waals surface area contributed by atoms with Crippen molar-refractivity contribution in [3.8, 4) is 5.75 Å². The first-order valence-electron chi connectivity index (χ1n) is 6.09. The third kappa shape index (κ3) is 2.45. The van der Waals surface area contributed by atoms with Crippen LogP contribution in [0.15, 0.2) is 36.4 Å². The molecule has 2 rings (SSSR count). The molecule has 0 amide bonds. The fourth-order valence-electron chi connectivity index (χ4n) is 2.10. The number of carbonyl (C=O) groups is 1. The molecule has 0 spiro atoms. The minimum atomic E-state index is -0.0751. The SMILES string of the molecule is COc1cc(C(=O)c2ccccc2C)c(N)cc1C. The van der Waals surface area contributed by atoms with Gasteiger partial charge in [-0.25, -0.2) is 0 Å². The van der Waals surface area contributed by atoms with Gasteiger partial charge in [-0.05, 0) is 37.1 Å². The number of hydrogen-bond donors (Lipinski definition) is 1. The zero-order valence-corrected chi connectivity index (χ0v) is 11.4. The zero-order valence-electron chi connectivity index (χ0n) is 11.4. The molecule has 0 aliphatic heterocycles. The maximum Gasteiger partial charge on any atom is 0.195 e. The molecule has 3 heteroatoms. The third-order valence-electron chi connectivity index (χ3n) is 3.20. The van der Waals surface area contributed by atoms with E-state index in [0.717, 1.165) is 11.1 Å². The minimum Gasteiger partial charge on any atom is -0.496 e. The monoisotopic (exact) mass is 255 g/mol. The summed E-state index contributed by atoms with van der Waals surface area (Å²) in [4.78, 5) is 12.5. The van der Waals surface area contributed by atoms with Gasteiger partial charge in [0.25, 0.3) is 0 Å². The Labute approximate surface area is 113 Å². The van der Waals surface area contributed by atoms with E-state index in [4.69, 9.17) is 10.5 Å². The van der Waals surface area contributed by atoms with E-state index in [2.05, 4.69) is 0 Å². The van der Waals surface area contributed by atoms with Gasteiger partial charge in [0.1, 0.15) is 5.75 Å². The summed E-state index contributed by atoms with van der Waals surface area (Å²) in [6, 6.07) is 11.0. The molecule has 0 radical (unpaired) electrons. The number of carbonyl (C=O) groups excluding carboxylic acids is 1. The maximum absolute atomic E-state index is 12.5. The highest BCUT2D eigenvalue weighted by Crippen LogP contribution is 2.27.